The van der Waals surface area contributed by atoms with E-state index < -0.39 is 17.0 Å². The number of rotatable bonds is 4. The predicted octanol–water partition coefficient (Wildman–Crippen LogP) is 2.14. The number of aliphatic hydroxyl groups is 1. The van der Waals surface area contributed by atoms with Gasteiger partial charge < -0.3 is 10.4 Å². The third kappa shape index (κ3) is 2.24. The quantitative estimate of drug-likeness (QED) is 0.360. The highest BCUT2D eigenvalue weighted by molar-refractivity contribution is 6.10. The number of Topliss-reactive ketones (excluding diaryl/α,β-unsaturated/α-hetero) is 1. The number of hydroxylamine groups is 1. The fourth-order valence-corrected chi connectivity index (χ4v) is 4.24. The van der Waals surface area contributed by atoms with Crippen LogP contribution in [0, 0.1) is 5.41 Å². The van der Waals surface area contributed by atoms with E-state index in [4.69, 9.17) is 5.21 Å². The van der Waals surface area contributed by atoms with Crippen LogP contribution in [0.25, 0.3) is 0 Å². The van der Waals surface area contributed by atoms with Gasteiger partial charge in [-0.05, 0) is 69.2 Å². The van der Waals surface area contributed by atoms with Crippen molar-refractivity contribution in [3.05, 3.63) is 33.9 Å². The predicted molar refractivity (Wildman–Crippen MR) is 88.3 cm³/mol. The maximum absolute atomic E-state index is 12.8. The van der Waals surface area contributed by atoms with E-state index in [0.29, 0.717) is 18.5 Å². The van der Waals surface area contributed by atoms with Gasteiger partial charge in [-0.1, -0.05) is 5.57 Å². The van der Waals surface area contributed by atoms with Gasteiger partial charge in [0.25, 0.3) is 0 Å². The molecule has 1 spiro atoms. The van der Waals surface area contributed by atoms with Gasteiger partial charge in [-0.15, -0.1) is 0 Å². The molecule has 1 atom stereocenters. The van der Waals surface area contributed by atoms with Crippen LogP contribution in [-0.2, 0) is 4.79 Å². The highest BCUT2D eigenvalue weighted by Crippen LogP contribution is 2.65. The van der Waals surface area contributed by atoms with Crippen molar-refractivity contribution in [1.82, 2.24) is 10.8 Å². The van der Waals surface area contributed by atoms with Gasteiger partial charge in [0, 0.05) is 17.5 Å². The van der Waals surface area contributed by atoms with Crippen LogP contribution < -0.4 is 10.8 Å². The Balaban J connectivity index is 1.83. The molecule has 4 N–H and O–H groups in total. The first-order chi connectivity index (χ1) is 11.3. The minimum absolute atomic E-state index is 0.173. The number of ketones is 1. The van der Waals surface area contributed by atoms with Crippen molar-refractivity contribution < 1.29 is 19.9 Å². The van der Waals surface area contributed by atoms with E-state index in [0.717, 1.165) is 41.6 Å². The first-order valence-corrected chi connectivity index (χ1v) is 8.35. The van der Waals surface area contributed by atoms with Gasteiger partial charge in [0.1, 0.15) is 5.60 Å². The third-order valence-corrected chi connectivity index (χ3v) is 5.86. The van der Waals surface area contributed by atoms with Crippen LogP contribution in [0.4, 0.5) is 4.79 Å². The monoisotopic (exact) mass is 332 g/mol. The highest BCUT2D eigenvalue weighted by atomic mass is 16.5. The van der Waals surface area contributed by atoms with E-state index in [1.165, 1.54) is 5.48 Å². The summed E-state index contributed by atoms with van der Waals surface area (Å²) in [6.07, 6.45) is 5.01. The summed E-state index contributed by atoms with van der Waals surface area (Å²) in [6.45, 7) is 6.10. The lowest BCUT2D eigenvalue weighted by Crippen LogP contribution is -2.49. The molecule has 0 bridgehead atoms. The molecule has 3 rings (SSSR count). The molecule has 3 aliphatic rings. The normalized spacial score (nSPS) is 27.4. The fraction of sp³-hybridized carbons (Fsp3) is 0.556. The van der Waals surface area contributed by atoms with Crippen molar-refractivity contribution in [3.63, 3.8) is 0 Å². The number of fused-ring (bicyclic) bond motifs is 1. The summed E-state index contributed by atoms with van der Waals surface area (Å²) in [4.78, 5) is 23.8. The van der Waals surface area contributed by atoms with Gasteiger partial charge in [0.15, 0.2) is 5.78 Å². The Morgan fingerprint density at radius 1 is 1.33 bits per heavy atom. The highest BCUT2D eigenvalue weighted by Gasteiger charge is 2.64. The van der Waals surface area contributed by atoms with Crippen LogP contribution in [0.5, 0.6) is 0 Å². The molecule has 1 fully saturated rings. The van der Waals surface area contributed by atoms with E-state index in [1.54, 1.807) is 6.92 Å². The molecule has 6 heteroatoms. The summed E-state index contributed by atoms with van der Waals surface area (Å²) in [7, 11) is 0. The number of urea groups is 1. The molecule has 24 heavy (non-hydrogen) atoms. The van der Waals surface area contributed by atoms with Crippen LogP contribution in [0.1, 0.15) is 46.5 Å². The van der Waals surface area contributed by atoms with Crippen molar-refractivity contribution in [2.75, 3.05) is 6.54 Å². The fourth-order valence-electron chi connectivity index (χ4n) is 4.24. The number of allylic oxidation sites excluding steroid dienone is 4. The zero-order valence-corrected chi connectivity index (χ0v) is 14.3. The third-order valence-electron chi connectivity index (χ3n) is 5.86. The Bertz CT molecular complexity index is 709. The van der Waals surface area contributed by atoms with Crippen LogP contribution in [0.15, 0.2) is 33.9 Å². The van der Waals surface area contributed by atoms with E-state index in [9.17, 15) is 14.7 Å². The van der Waals surface area contributed by atoms with Gasteiger partial charge >= 0.3 is 6.03 Å². The molecule has 0 aromatic heterocycles. The summed E-state index contributed by atoms with van der Waals surface area (Å²) >= 11 is 0. The largest absolute Gasteiger partial charge is 0.381 e. The van der Waals surface area contributed by atoms with Crippen LogP contribution in [0.3, 0.4) is 0 Å². The Kier molecular flexibility index (Phi) is 3.92. The number of carbonyl (C=O) groups excluding carboxylic acids is 2. The average molecular weight is 332 g/mol. The number of nitrogens with one attached hydrogen (secondary N) is 2. The second-order valence-electron chi connectivity index (χ2n) is 7.17. The summed E-state index contributed by atoms with van der Waals surface area (Å²) < 4.78 is 0. The standard InChI is InChI=1S/C18H24N2O4/c1-10-9-13-14(12(10)5-4-8-19-16(22)20-24)11(2)18(6-7-18)17(3,23)15(13)21/h9,23-24H,4-8H2,1-3H3,(H2,19,20,22)/t17-/m0/s1. The molecule has 0 heterocycles. The molecule has 130 valence electrons. The van der Waals surface area contributed by atoms with Crippen molar-refractivity contribution in [3.8, 4) is 0 Å². The Hall–Kier alpha value is -1.92. The summed E-state index contributed by atoms with van der Waals surface area (Å²) in [5.74, 6) is -0.173. The Labute approximate surface area is 141 Å². The summed E-state index contributed by atoms with van der Waals surface area (Å²) in [5.41, 5.74) is 4.75. The van der Waals surface area contributed by atoms with Gasteiger partial charge in [0.2, 0.25) is 0 Å². The minimum Gasteiger partial charge on any atom is -0.381 e. The molecule has 0 radical (unpaired) electrons. The van der Waals surface area contributed by atoms with Crippen molar-refractivity contribution in [2.24, 2.45) is 5.41 Å². The first-order valence-electron chi connectivity index (χ1n) is 8.35. The molecule has 0 aromatic rings. The lowest BCUT2D eigenvalue weighted by atomic mass is 9.67. The maximum Gasteiger partial charge on any atom is 0.338 e. The molecular formula is C18H24N2O4. The van der Waals surface area contributed by atoms with E-state index in [1.807, 2.05) is 19.9 Å². The molecule has 2 amide bonds. The zero-order chi connectivity index (χ0) is 17.7. The molecule has 6 nitrogen and oxygen atoms in total. The van der Waals surface area contributed by atoms with Crippen molar-refractivity contribution >= 4 is 11.8 Å². The van der Waals surface area contributed by atoms with Crippen molar-refractivity contribution in [1.29, 1.82) is 0 Å². The lowest BCUT2D eigenvalue weighted by Gasteiger charge is -2.39. The van der Waals surface area contributed by atoms with Crippen molar-refractivity contribution in [2.45, 2.75) is 52.1 Å². The van der Waals surface area contributed by atoms with E-state index in [-0.39, 0.29) is 5.78 Å². The summed E-state index contributed by atoms with van der Waals surface area (Å²) in [6, 6.07) is -0.623. The molecule has 0 unspecified atom stereocenters. The molecule has 0 aliphatic heterocycles. The first kappa shape index (κ1) is 16.9. The Morgan fingerprint density at radius 3 is 2.58 bits per heavy atom. The minimum atomic E-state index is -1.32. The molecule has 3 aliphatic carbocycles. The topological polar surface area (TPSA) is 98.7 Å². The molecular weight excluding hydrogens is 308 g/mol. The number of hydrogen-bond donors (Lipinski definition) is 4. The zero-order valence-electron chi connectivity index (χ0n) is 14.3. The van der Waals surface area contributed by atoms with Gasteiger partial charge in [-0.25, -0.2) is 10.3 Å². The second-order valence-corrected chi connectivity index (χ2v) is 7.17. The van der Waals surface area contributed by atoms with E-state index in [2.05, 4.69) is 5.32 Å². The van der Waals surface area contributed by atoms with Gasteiger partial charge in [0.05, 0.1) is 0 Å². The lowest BCUT2D eigenvalue weighted by molar-refractivity contribution is -0.137. The molecule has 0 saturated heterocycles. The second kappa shape index (κ2) is 5.57. The van der Waals surface area contributed by atoms with Crippen LogP contribution in [-0.4, -0.2) is 34.3 Å². The maximum atomic E-state index is 12.8. The molecule has 0 aromatic carbocycles. The summed E-state index contributed by atoms with van der Waals surface area (Å²) in [5, 5.41) is 21.8. The number of carbonyl (C=O) groups is 2. The smallest absolute Gasteiger partial charge is 0.338 e. The SMILES string of the molecule is CC1=C(CCCNC(=O)NO)C2=C(C)C3(CC3)[C@@](C)(O)C(=O)C2=C1. The van der Waals surface area contributed by atoms with E-state index >= 15 is 0 Å². The van der Waals surface area contributed by atoms with Gasteiger partial charge in [-0.2, -0.15) is 0 Å². The average Bonchev–Trinajstić information content (AvgIpc) is 3.29. The van der Waals surface area contributed by atoms with Crippen LogP contribution >= 0.6 is 0 Å². The Morgan fingerprint density at radius 2 is 2.00 bits per heavy atom. The number of amides is 2. The number of hydrogen-bond acceptors (Lipinski definition) is 4. The van der Waals surface area contributed by atoms with Crippen LogP contribution in [0.2, 0.25) is 0 Å². The van der Waals surface area contributed by atoms with Gasteiger partial charge in [-0.3, -0.25) is 10.0 Å². The molecule has 1 saturated carbocycles.